The topological polar surface area (TPSA) is 3.24 Å². The maximum Gasteiger partial charge on any atom is 0.166 e. The second-order valence-corrected chi connectivity index (χ2v) is 8.92. The molecule has 0 bridgehead atoms. The quantitative estimate of drug-likeness (QED) is 0.578. The van der Waals surface area contributed by atoms with Gasteiger partial charge in [-0.3, -0.25) is 0 Å². The van der Waals surface area contributed by atoms with Crippen molar-refractivity contribution in [2.45, 2.75) is 13.1 Å². The summed E-state index contributed by atoms with van der Waals surface area (Å²) in [6.07, 6.45) is 0. The van der Waals surface area contributed by atoms with Gasteiger partial charge in [-0.1, -0.05) is 24.5 Å². The average Bonchev–Trinajstić information content (AvgIpc) is 1.89. The van der Waals surface area contributed by atoms with Crippen molar-refractivity contribution in [1.82, 2.24) is 4.23 Å². The molecule has 0 aliphatic rings. The minimum absolute atomic E-state index is 0.735. The van der Waals surface area contributed by atoms with E-state index in [1.54, 1.807) is 0 Å². The van der Waals surface area contributed by atoms with Crippen LogP contribution >= 0.6 is 0 Å². The molecule has 0 aliphatic heterocycles. The van der Waals surface area contributed by atoms with Crippen molar-refractivity contribution in [1.29, 1.82) is 0 Å². The zero-order valence-electron chi connectivity index (χ0n) is 7.02. The first-order valence-corrected chi connectivity index (χ1v) is 7.34. The van der Waals surface area contributed by atoms with Gasteiger partial charge in [0, 0.05) is 0 Å². The van der Waals surface area contributed by atoms with Crippen molar-refractivity contribution < 1.29 is 0 Å². The highest BCUT2D eigenvalue weighted by molar-refractivity contribution is 6.84. The van der Waals surface area contributed by atoms with Gasteiger partial charge in [0.25, 0.3) is 0 Å². The summed E-state index contributed by atoms with van der Waals surface area (Å²) in [7, 11) is 1.60. The van der Waals surface area contributed by atoms with E-state index in [9.17, 15) is 0 Å². The van der Waals surface area contributed by atoms with E-state index >= 15 is 0 Å². The number of hydrogen-bond donors (Lipinski definition) is 0. The lowest BCUT2D eigenvalue weighted by atomic mass is 11.3. The summed E-state index contributed by atoms with van der Waals surface area (Å²) in [5.74, 6) is 0. The highest BCUT2D eigenvalue weighted by Gasteiger charge is 2.20. The van der Waals surface area contributed by atoms with Gasteiger partial charge in [0.1, 0.15) is 8.24 Å². The van der Waals surface area contributed by atoms with Crippen LogP contribution in [0.5, 0.6) is 0 Å². The molecule has 56 valence electrons. The van der Waals surface area contributed by atoms with Crippen molar-refractivity contribution in [3.05, 3.63) is 24.6 Å². The van der Waals surface area contributed by atoms with Crippen LogP contribution in [0.15, 0.2) is 24.6 Å². The van der Waals surface area contributed by atoms with E-state index in [2.05, 4.69) is 43.2 Å². The Hall–Kier alpha value is -0.126. The molecule has 0 rings (SSSR count). The Kier molecular flexibility index (Phi) is 3.85. The predicted molar refractivity (Wildman–Crippen MR) is 51.4 cm³/mol. The Labute approximate surface area is 67.4 Å². The minimum atomic E-state index is -1.26. The zero-order chi connectivity index (χ0) is 8.20. The van der Waals surface area contributed by atoms with Crippen LogP contribution in [0.1, 0.15) is 0 Å². The standard InChI is InChI=1S/C7H15NSi2/c1-6-9-8(3)10(4,5)7-2/h6-7H,1-2H2,3-5H3. The van der Waals surface area contributed by atoms with Gasteiger partial charge in [-0.15, -0.1) is 13.2 Å². The van der Waals surface area contributed by atoms with Crippen LogP contribution in [0.2, 0.25) is 13.1 Å². The Balaban J connectivity index is 4.02. The van der Waals surface area contributed by atoms with Gasteiger partial charge in [0.15, 0.2) is 9.68 Å². The van der Waals surface area contributed by atoms with Crippen LogP contribution in [-0.2, 0) is 0 Å². The maximum absolute atomic E-state index is 3.83. The largest absolute Gasteiger partial charge is 0.344 e. The van der Waals surface area contributed by atoms with Gasteiger partial charge in [-0.05, 0) is 7.05 Å². The van der Waals surface area contributed by atoms with Crippen molar-refractivity contribution in [3.63, 3.8) is 0 Å². The van der Waals surface area contributed by atoms with E-state index in [1.807, 2.05) is 5.70 Å². The lowest BCUT2D eigenvalue weighted by molar-refractivity contribution is 0.816. The summed E-state index contributed by atoms with van der Waals surface area (Å²) in [5.41, 5.74) is 4.04. The Morgan fingerprint density at radius 3 is 2.20 bits per heavy atom. The number of nitrogens with zero attached hydrogens (tertiary/aromatic N) is 1. The average molecular weight is 169 g/mol. The first kappa shape index (κ1) is 9.87. The fourth-order valence-corrected chi connectivity index (χ4v) is 2.87. The molecule has 0 spiro atoms. The molecular formula is C7H15NSi2. The lowest BCUT2D eigenvalue weighted by Gasteiger charge is -2.28. The van der Waals surface area contributed by atoms with Crippen LogP contribution in [0.25, 0.3) is 0 Å². The van der Waals surface area contributed by atoms with Gasteiger partial charge in [0.05, 0.1) is 0 Å². The molecule has 0 aliphatic carbocycles. The van der Waals surface area contributed by atoms with Gasteiger partial charge in [-0.2, -0.15) is 0 Å². The Morgan fingerprint density at radius 1 is 1.40 bits per heavy atom. The fourth-order valence-electron chi connectivity index (χ4n) is 0.440. The van der Waals surface area contributed by atoms with Gasteiger partial charge < -0.3 is 4.23 Å². The van der Waals surface area contributed by atoms with E-state index in [0.717, 1.165) is 9.68 Å². The van der Waals surface area contributed by atoms with E-state index in [-0.39, 0.29) is 0 Å². The van der Waals surface area contributed by atoms with Gasteiger partial charge in [0.2, 0.25) is 0 Å². The molecule has 0 fully saturated rings. The Morgan fingerprint density at radius 2 is 1.90 bits per heavy atom. The first-order chi connectivity index (χ1) is 4.54. The smallest absolute Gasteiger partial charge is 0.166 e. The first-order valence-electron chi connectivity index (χ1n) is 3.29. The molecule has 0 amide bonds. The van der Waals surface area contributed by atoms with Crippen LogP contribution in [-0.4, -0.2) is 29.2 Å². The molecule has 2 radical (unpaired) electrons. The fraction of sp³-hybridized carbons (Fsp3) is 0.429. The highest BCUT2D eigenvalue weighted by atomic mass is 28.4. The summed E-state index contributed by atoms with van der Waals surface area (Å²) < 4.78 is 2.35. The highest BCUT2D eigenvalue weighted by Crippen LogP contribution is 2.05. The van der Waals surface area contributed by atoms with E-state index in [4.69, 9.17) is 0 Å². The third kappa shape index (κ3) is 2.64. The molecule has 0 saturated carbocycles. The summed E-state index contributed by atoms with van der Waals surface area (Å²) >= 11 is 0. The lowest BCUT2D eigenvalue weighted by Crippen LogP contribution is -2.46. The van der Waals surface area contributed by atoms with Crippen LogP contribution in [0.3, 0.4) is 0 Å². The summed E-state index contributed by atoms with van der Waals surface area (Å²) in [4.78, 5) is 0. The van der Waals surface area contributed by atoms with Crippen molar-refractivity contribution in [2.24, 2.45) is 0 Å². The molecule has 0 atom stereocenters. The SMILES string of the molecule is C=C[Si]N(C)[Si](C)(C)C=C. The van der Waals surface area contributed by atoms with Crippen molar-refractivity contribution in [3.8, 4) is 0 Å². The molecule has 0 N–H and O–H groups in total. The zero-order valence-corrected chi connectivity index (χ0v) is 9.02. The molecule has 0 aromatic rings. The Bertz CT molecular complexity index is 132. The molecule has 10 heavy (non-hydrogen) atoms. The van der Waals surface area contributed by atoms with Gasteiger partial charge >= 0.3 is 0 Å². The summed E-state index contributed by atoms with van der Waals surface area (Å²) in [6, 6.07) is 0. The van der Waals surface area contributed by atoms with Crippen molar-refractivity contribution >= 4 is 17.9 Å². The van der Waals surface area contributed by atoms with Crippen LogP contribution in [0.4, 0.5) is 0 Å². The van der Waals surface area contributed by atoms with E-state index in [0.29, 0.717) is 0 Å². The van der Waals surface area contributed by atoms with Crippen molar-refractivity contribution in [2.75, 3.05) is 7.05 Å². The van der Waals surface area contributed by atoms with Gasteiger partial charge in [-0.25, -0.2) is 0 Å². The number of hydrogen-bond acceptors (Lipinski definition) is 1. The van der Waals surface area contributed by atoms with E-state index in [1.165, 1.54) is 0 Å². The summed E-state index contributed by atoms with van der Waals surface area (Å²) in [6.45, 7) is 12.1. The molecule has 0 aromatic carbocycles. The molecule has 0 saturated heterocycles. The maximum atomic E-state index is 3.83. The monoisotopic (exact) mass is 169 g/mol. The molecule has 1 nitrogen and oxygen atoms in total. The third-order valence-electron chi connectivity index (χ3n) is 1.65. The summed E-state index contributed by atoms with van der Waals surface area (Å²) in [5, 5.41) is 0. The molecule has 0 heterocycles. The second-order valence-electron chi connectivity index (χ2n) is 2.75. The van der Waals surface area contributed by atoms with E-state index < -0.39 is 8.24 Å². The number of rotatable bonds is 4. The molecule has 3 heteroatoms. The van der Waals surface area contributed by atoms with Crippen LogP contribution in [0, 0.1) is 0 Å². The van der Waals surface area contributed by atoms with Crippen LogP contribution < -0.4 is 0 Å². The molecular weight excluding hydrogens is 154 g/mol. The normalized spacial score (nSPS) is 11.6. The molecule has 0 unspecified atom stereocenters. The minimum Gasteiger partial charge on any atom is -0.344 e. The molecule has 0 aromatic heterocycles. The predicted octanol–water partition coefficient (Wildman–Crippen LogP) is 1.61. The third-order valence-corrected chi connectivity index (χ3v) is 7.06. The second kappa shape index (κ2) is 3.90.